The highest BCUT2D eigenvalue weighted by Gasteiger charge is 2.18. The minimum Gasteiger partial charge on any atom is -0.352 e. The van der Waals surface area contributed by atoms with Gasteiger partial charge in [0.25, 0.3) is 0 Å². The van der Waals surface area contributed by atoms with E-state index >= 15 is 0 Å². The molecule has 0 spiro atoms. The summed E-state index contributed by atoms with van der Waals surface area (Å²) in [5.74, 6) is 0.683. The van der Waals surface area contributed by atoms with E-state index in [-0.39, 0.29) is 0 Å². The second-order valence-corrected chi connectivity index (χ2v) is 5.52. The Bertz CT molecular complexity index is 990. The third-order valence-corrected chi connectivity index (χ3v) is 3.91. The number of aryl methyl sites for hydroxylation is 2. The molecule has 2 heterocycles. The van der Waals surface area contributed by atoms with E-state index in [4.69, 9.17) is 9.51 Å². The van der Waals surface area contributed by atoms with Crippen molar-refractivity contribution in [3.05, 3.63) is 65.9 Å². The normalized spacial score (nSPS) is 11.0. The average molecular weight is 301 g/mol. The van der Waals surface area contributed by atoms with Gasteiger partial charge in [0, 0.05) is 11.1 Å². The average Bonchev–Trinajstić information content (AvgIpc) is 2.97. The van der Waals surface area contributed by atoms with Crippen molar-refractivity contribution in [2.45, 2.75) is 13.8 Å². The number of rotatable bonds is 2. The van der Waals surface area contributed by atoms with Gasteiger partial charge in [-0.15, -0.1) is 0 Å². The van der Waals surface area contributed by atoms with Gasteiger partial charge in [-0.05, 0) is 19.4 Å². The van der Waals surface area contributed by atoms with Gasteiger partial charge in [0.15, 0.2) is 5.82 Å². The van der Waals surface area contributed by atoms with Crippen molar-refractivity contribution >= 4 is 11.1 Å². The van der Waals surface area contributed by atoms with Gasteiger partial charge in [0.1, 0.15) is 16.9 Å². The number of aromatic nitrogens is 3. The molecule has 0 saturated heterocycles. The Morgan fingerprint density at radius 1 is 0.826 bits per heavy atom. The van der Waals surface area contributed by atoms with E-state index in [9.17, 15) is 0 Å². The first-order chi connectivity index (χ1) is 11.2. The molecule has 0 aliphatic carbocycles. The summed E-state index contributed by atoms with van der Waals surface area (Å²) in [6.07, 6.45) is 0. The zero-order valence-electron chi connectivity index (χ0n) is 12.9. The summed E-state index contributed by atoms with van der Waals surface area (Å²) in [4.78, 5) is 9.42. The molecule has 4 nitrogen and oxygen atoms in total. The van der Waals surface area contributed by atoms with E-state index in [1.807, 2.05) is 55.5 Å². The molecule has 0 saturated carbocycles. The lowest BCUT2D eigenvalue weighted by Gasteiger charge is -2.07. The highest BCUT2D eigenvalue weighted by atomic mass is 16.5. The topological polar surface area (TPSA) is 51.8 Å². The maximum atomic E-state index is 5.51. The van der Waals surface area contributed by atoms with Gasteiger partial charge in [0.2, 0.25) is 5.58 Å². The predicted octanol–water partition coefficient (Wildman–Crippen LogP) is 4.57. The Kier molecular flexibility index (Phi) is 3.15. The Morgan fingerprint density at radius 2 is 1.57 bits per heavy atom. The van der Waals surface area contributed by atoms with Crippen LogP contribution in [0.4, 0.5) is 0 Å². The van der Waals surface area contributed by atoms with Gasteiger partial charge in [-0.2, -0.15) is 0 Å². The van der Waals surface area contributed by atoms with Crippen LogP contribution < -0.4 is 0 Å². The molecule has 112 valence electrons. The van der Waals surface area contributed by atoms with Crippen molar-refractivity contribution in [2.24, 2.45) is 0 Å². The molecule has 23 heavy (non-hydrogen) atoms. The van der Waals surface area contributed by atoms with E-state index in [1.165, 1.54) is 0 Å². The predicted molar refractivity (Wildman–Crippen MR) is 89.9 cm³/mol. The molecule has 0 unspecified atom stereocenters. The van der Waals surface area contributed by atoms with Gasteiger partial charge in [-0.1, -0.05) is 59.8 Å². The molecule has 0 fully saturated rings. The zero-order chi connectivity index (χ0) is 15.8. The van der Waals surface area contributed by atoms with Crippen LogP contribution in [0.1, 0.15) is 11.3 Å². The van der Waals surface area contributed by atoms with Crippen molar-refractivity contribution < 1.29 is 4.52 Å². The highest BCUT2D eigenvalue weighted by molar-refractivity contribution is 5.90. The molecule has 0 aliphatic rings. The second-order valence-electron chi connectivity index (χ2n) is 5.52. The van der Waals surface area contributed by atoms with Crippen LogP contribution in [0.3, 0.4) is 0 Å². The minimum absolute atomic E-state index is 0.636. The van der Waals surface area contributed by atoms with Gasteiger partial charge >= 0.3 is 0 Å². The van der Waals surface area contributed by atoms with Crippen LogP contribution in [0.2, 0.25) is 0 Å². The molecule has 4 rings (SSSR count). The first-order valence-corrected chi connectivity index (χ1v) is 7.49. The SMILES string of the molecule is Cc1ccccc1-c1nc(-c2ccccc2)nc2c(C)noc12. The van der Waals surface area contributed by atoms with Crippen LogP contribution in [-0.2, 0) is 0 Å². The summed E-state index contributed by atoms with van der Waals surface area (Å²) in [5.41, 5.74) is 6.11. The van der Waals surface area contributed by atoms with Crippen molar-refractivity contribution in [1.29, 1.82) is 0 Å². The first-order valence-electron chi connectivity index (χ1n) is 7.49. The maximum Gasteiger partial charge on any atom is 0.211 e. The number of nitrogens with zero attached hydrogens (tertiary/aromatic N) is 3. The van der Waals surface area contributed by atoms with E-state index in [0.29, 0.717) is 11.4 Å². The molecular weight excluding hydrogens is 286 g/mol. The molecule has 0 radical (unpaired) electrons. The number of benzene rings is 2. The molecule has 0 bridgehead atoms. The standard InChI is InChI=1S/C19H15N3O/c1-12-8-6-7-11-15(12)17-18-16(13(2)22-23-18)20-19(21-17)14-9-4-3-5-10-14/h3-11H,1-2H3. The summed E-state index contributed by atoms with van der Waals surface area (Å²) in [7, 11) is 0. The molecule has 4 heteroatoms. The fraction of sp³-hybridized carbons (Fsp3) is 0.105. The third kappa shape index (κ3) is 2.28. The number of hydrogen-bond donors (Lipinski definition) is 0. The van der Waals surface area contributed by atoms with Gasteiger partial charge in [-0.3, -0.25) is 0 Å². The monoisotopic (exact) mass is 301 g/mol. The zero-order valence-corrected chi connectivity index (χ0v) is 12.9. The Balaban J connectivity index is 2.05. The molecule has 4 aromatic rings. The van der Waals surface area contributed by atoms with E-state index in [1.54, 1.807) is 0 Å². The van der Waals surface area contributed by atoms with Crippen molar-refractivity contribution in [1.82, 2.24) is 15.1 Å². The van der Waals surface area contributed by atoms with Gasteiger partial charge < -0.3 is 4.52 Å². The van der Waals surface area contributed by atoms with Crippen LogP contribution >= 0.6 is 0 Å². The van der Waals surface area contributed by atoms with Crippen LogP contribution in [0.5, 0.6) is 0 Å². The number of fused-ring (bicyclic) bond motifs is 1. The number of hydrogen-bond acceptors (Lipinski definition) is 4. The molecule has 2 aromatic heterocycles. The molecule has 0 N–H and O–H groups in total. The summed E-state index contributed by atoms with van der Waals surface area (Å²) in [6.45, 7) is 3.96. The summed E-state index contributed by atoms with van der Waals surface area (Å²) >= 11 is 0. The Labute approximate surface area is 133 Å². The molecule has 0 aliphatic heterocycles. The van der Waals surface area contributed by atoms with Gasteiger partial charge in [-0.25, -0.2) is 9.97 Å². The minimum atomic E-state index is 0.636. The van der Waals surface area contributed by atoms with E-state index in [0.717, 1.165) is 33.6 Å². The fourth-order valence-corrected chi connectivity index (χ4v) is 2.68. The van der Waals surface area contributed by atoms with Gasteiger partial charge in [0.05, 0.1) is 0 Å². The van der Waals surface area contributed by atoms with Crippen LogP contribution in [0.15, 0.2) is 59.1 Å². The molecule has 2 aromatic carbocycles. The first kappa shape index (κ1) is 13.6. The smallest absolute Gasteiger partial charge is 0.211 e. The maximum absolute atomic E-state index is 5.51. The molecular formula is C19H15N3O. The second kappa shape index (κ2) is 5.32. The van der Waals surface area contributed by atoms with Crippen LogP contribution in [-0.4, -0.2) is 15.1 Å². The quantitative estimate of drug-likeness (QED) is 0.544. The van der Waals surface area contributed by atoms with Crippen molar-refractivity contribution in [2.75, 3.05) is 0 Å². The third-order valence-electron chi connectivity index (χ3n) is 3.91. The Hall–Kier alpha value is -3.01. The summed E-state index contributed by atoms with van der Waals surface area (Å²) in [6, 6.07) is 18.1. The van der Waals surface area contributed by atoms with E-state index in [2.05, 4.69) is 23.1 Å². The lowest BCUT2D eigenvalue weighted by atomic mass is 10.0. The molecule has 0 amide bonds. The van der Waals surface area contributed by atoms with Crippen LogP contribution in [0, 0.1) is 13.8 Å². The van der Waals surface area contributed by atoms with E-state index < -0.39 is 0 Å². The largest absolute Gasteiger partial charge is 0.352 e. The highest BCUT2D eigenvalue weighted by Crippen LogP contribution is 2.31. The summed E-state index contributed by atoms with van der Waals surface area (Å²) in [5, 5.41) is 4.07. The van der Waals surface area contributed by atoms with Crippen molar-refractivity contribution in [3.63, 3.8) is 0 Å². The lowest BCUT2D eigenvalue weighted by Crippen LogP contribution is -1.95. The van der Waals surface area contributed by atoms with Crippen LogP contribution in [0.25, 0.3) is 33.7 Å². The van der Waals surface area contributed by atoms with Crippen molar-refractivity contribution in [3.8, 4) is 22.6 Å². The molecule has 0 atom stereocenters. The summed E-state index contributed by atoms with van der Waals surface area (Å²) < 4.78 is 5.51. The Morgan fingerprint density at radius 3 is 2.35 bits per heavy atom. The fourth-order valence-electron chi connectivity index (χ4n) is 2.68. The lowest BCUT2D eigenvalue weighted by molar-refractivity contribution is 0.450.